The number of esters is 1. The molecule has 2 aliphatic carbocycles. The van der Waals surface area contributed by atoms with Crippen LogP contribution in [0.2, 0.25) is 0 Å². The number of phosphoric ester groups is 1. The molecule has 0 saturated heterocycles. The van der Waals surface area contributed by atoms with E-state index >= 15 is 0 Å². The van der Waals surface area contributed by atoms with Crippen molar-refractivity contribution in [3.05, 3.63) is 77.4 Å². The van der Waals surface area contributed by atoms with E-state index in [4.69, 9.17) is 13.8 Å². The Hall–Kier alpha value is -2.86. The van der Waals surface area contributed by atoms with E-state index in [1.54, 1.807) is 30.3 Å². The third kappa shape index (κ3) is 6.84. The minimum atomic E-state index is -4.66. The quantitative estimate of drug-likeness (QED) is 0.134. The van der Waals surface area contributed by atoms with Crippen LogP contribution in [0.4, 0.5) is 0 Å². The molecule has 7 nitrogen and oxygen atoms in total. The van der Waals surface area contributed by atoms with Gasteiger partial charge in [0.2, 0.25) is 0 Å². The minimum absolute atomic E-state index is 0.0626. The molecule has 4 rings (SSSR count). The Morgan fingerprint density at radius 2 is 1.87 bits per heavy atom. The van der Waals surface area contributed by atoms with Gasteiger partial charge >= 0.3 is 13.8 Å². The summed E-state index contributed by atoms with van der Waals surface area (Å²) >= 11 is 0. The maximum Gasteiger partial charge on any atom is 0.528 e. The predicted octanol–water partition coefficient (Wildman–Crippen LogP) is 7.77. The number of phosphoric acid groups is 1. The van der Waals surface area contributed by atoms with E-state index in [9.17, 15) is 19.4 Å². The third-order valence-electron chi connectivity index (χ3n) is 7.67. The molecule has 1 fully saturated rings. The zero-order chi connectivity index (χ0) is 28.2. The molecule has 0 bridgehead atoms. The second-order valence-electron chi connectivity index (χ2n) is 10.9. The largest absolute Gasteiger partial charge is 0.528 e. The van der Waals surface area contributed by atoms with Gasteiger partial charge < -0.3 is 14.4 Å². The van der Waals surface area contributed by atoms with E-state index in [2.05, 4.69) is 19.6 Å². The van der Waals surface area contributed by atoms with Gasteiger partial charge in [0.25, 0.3) is 0 Å². The zero-order valence-electron chi connectivity index (χ0n) is 23.0. The highest BCUT2D eigenvalue weighted by molar-refractivity contribution is 7.47. The summed E-state index contributed by atoms with van der Waals surface area (Å²) in [6.07, 6.45) is 7.19. The van der Waals surface area contributed by atoms with Crippen molar-refractivity contribution in [2.24, 2.45) is 5.92 Å². The van der Waals surface area contributed by atoms with Crippen LogP contribution < -0.4 is 9.26 Å². The van der Waals surface area contributed by atoms with Gasteiger partial charge in [0.05, 0.1) is 0 Å². The maximum absolute atomic E-state index is 13.8. The molecule has 0 aromatic heterocycles. The molecule has 2 aromatic carbocycles. The summed E-state index contributed by atoms with van der Waals surface area (Å²) in [6.45, 7) is 10.3. The summed E-state index contributed by atoms with van der Waals surface area (Å²) in [5.74, 6) is -0.439. The number of allylic oxidation sites excluding steroid dienone is 3. The number of carbonyl (C=O) groups is 1. The molecular formula is C31H39O7P. The van der Waals surface area contributed by atoms with Crippen molar-refractivity contribution in [2.75, 3.05) is 0 Å². The van der Waals surface area contributed by atoms with Crippen LogP contribution in [0.25, 0.3) is 0 Å². The normalized spacial score (nSPS) is 22.0. The summed E-state index contributed by atoms with van der Waals surface area (Å²) in [5.41, 5.74) is 1.91. The Labute approximate surface area is 231 Å². The predicted molar refractivity (Wildman–Crippen MR) is 151 cm³/mol. The van der Waals surface area contributed by atoms with Gasteiger partial charge in [-0.2, -0.15) is 0 Å². The van der Waals surface area contributed by atoms with Crippen molar-refractivity contribution in [3.8, 4) is 17.2 Å². The molecular weight excluding hydrogens is 515 g/mol. The number of phenols is 1. The van der Waals surface area contributed by atoms with Gasteiger partial charge in [-0.25, -0.2) is 9.36 Å². The van der Waals surface area contributed by atoms with E-state index in [0.29, 0.717) is 24.8 Å². The van der Waals surface area contributed by atoms with Crippen LogP contribution >= 0.6 is 7.82 Å². The third-order valence-corrected chi connectivity index (χ3v) is 8.69. The van der Waals surface area contributed by atoms with Crippen molar-refractivity contribution >= 4 is 13.8 Å². The number of hydrogen-bond acceptors (Lipinski definition) is 6. The highest BCUT2D eigenvalue weighted by atomic mass is 31.2. The van der Waals surface area contributed by atoms with E-state index in [1.165, 1.54) is 17.7 Å². The SMILES string of the molecule is C=C(C)[C@@H]1CCC(C)=C[C@H]1c1c(O)cc(CCC)cc1OC(=O)C1(OP(=O)(O)Oc2ccccc2)CCCC1. The Kier molecular flexibility index (Phi) is 9.05. The number of phenolic OH excluding ortho intramolecular Hbond substituents is 1. The van der Waals surface area contributed by atoms with Crippen LogP contribution in [0.1, 0.15) is 82.8 Å². The first-order chi connectivity index (χ1) is 18.5. The van der Waals surface area contributed by atoms with Crippen LogP contribution in [0.5, 0.6) is 17.2 Å². The Morgan fingerprint density at radius 1 is 1.18 bits per heavy atom. The molecule has 0 amide bonds. The fourth-order valence-corrected chi connectivity index (χ4v) is 6.88. The lowest BCUT2D eigenvalue weighted by Gasteiger charge is -2.33. The molecule has 39 heavy (non-hydrogen) atoms. The van der Waals surface area contributed by atoms with Gasteiger partial charge in [-0.05, 0) is 94.5 Å². The van der Waals surface area contributed by atoms with Crippen molar-refractivity contribution < 1.29 is 33.1 Å². The molecule has 0 radical (unpaired) electrons. The van der Waals surface area contributed by atoms with Crippen LogP contribution in [-0.4, -0.2) is 21.6 Å². The van der Waals surface area contributed by atoms with Crippen molar-refractivity contribution in [1.29, 1.82) is 0 Å². The summed E-state index contributed by atoms with van der Waals surface area (Å²) in [5, 5.41) is 11.2. The molecule has 2 aliphatic rings. The van der Waals surface area contributed by atoms with Gasteiger partial charge in [0.15, 0.2) is 5.60 Å². The number of ether oxygens (including phenoxy) is 1. The lowest BCUT2D eigenvalue weighted by Crippen LogP contribution is -2.41. The minimum Gasteiger partial charge on any atom is -0.507 e. The molecule has 2 N–H and O–H groups in total. The smallest absolute Gasteiger partial charge is 0.507 e. The van der Waals surface area contributed by atoms with E-state index in [-0.39, 0.29) is 41.9 Å². The van der Waals surface area contributed by atoms with Crippen LogP contribution in [0, 0.1) is 5.92 Å². The highest BCUT2D eigenvalue weighted by Crippen LogP contribution is 2.53. The molecule has 0 heterocycles. The zero-order valence-corrected chi connectivity index (χ0v) is 23.9. The van der Waals surface area contributed by atoms with Crippen LogP contribution in [0.15, 0.2) is 66.3 Å². The maximum atomic E-state index is 13.8. The molecule has 1 unspecified atom stereocenters. The monoisotopic (exact) mass is 554 g/mol. The van der Waals surface area contributed by atoms with Crippen LogP contribution in [0.3, 0.4) is 0 Å². The first-order valence-electron chi connectivity index (χ1n) is 13.7. The van der Waals surface area contributed by atoms with Crippen molar-refractivity contribution in [3.63, 3.8) is 0 Å². The Bertz CT molecular complexity index is 1280. The van der Waals surface area contributed by atoms with Gasteiger partial charge in [-0.1, -0.05) is 55.3 Å². The lowest BCUT2D eigenvalue weighted by molar-refractivity contribution is -0.153. The molecule has 0 spiro atoms. The number of benzene rings is 2. The number of aromatic hydroxyl groups is 1. The van der Waals surface area contributed by atoms with E-state index in [1.807, 2.05) is 13.8 Å². The lowest BCUT2D eigenvalue weighted by atomic mass is 9.73. The first kappa shape index (κ1) is 29.1. The average molecular weight is 555 g/mol. The number of rotatable bonds is 10. The molecule has 0 aliphatic heterocycles. The van der Waals surface area contributed by atoms with Gasteiger partial charge in [0.1, 0.15) is 17.2 Å². The van der Waals surface area contributed by atoms with E-state index < -0.39 is 19.4 Å². The second kappa shape index (κ2) is 12.1. The Balaban J connectivity index is 1.70. The molecule has 2 aromatic rings. The van der Waals surface area contributed by atoms with Gasteiger partial charge in [0, 0.05) is 11.5 Å². The summed E-state index contributed by atoms with van der Waals surface area (Å²) < 4.78 is 29.9. The molecule has 1 saturated carbocycles. The topological polar surface area (TPSA) is 102 Å². The molecule has 8 heteroatoms. The second-order valence-corrected chi connectivity index (χ2v) is 12.2. The van der Waals surface area contributed by atoms with Crippen molar-refractivity contribution in [1.82, 2.24) is 0 Å². The van der Waals surface area contributed by atoms with Crippen molar-refractivity contribution in [2.45, 2.75) is 83.7 Å². The first-order valence-corrected chi connectivity index (χ1v) is 15.2. The average Bonchev–Trinajstić information content (AvgIpc) is 3.33. The molecule has 210 valence electrons. The fraction of sp³-hybridized carbons (Fsp3) is 0.452. The summed E-state index contributed by atoms with van der Waals surface area (Å²) in [7, 11) is -4.66. The molecule has 3 atom stereocenters. The highest BCUT2D eigenvalue weighted by Gasteiger charge is 2.50. The fourth-order valence-electron chi connectivity index (χ4n) is 5.75. The van der Waals surface area contributed by atoms with E-state index in [0.717, 1.165) is 30.4 Å². The number of aryl methyl sites for hydroxylation is 1. The van der Waals surface area contributed by atoms with Gasteiger partial charge in [-0.3, -0.25) is 9.42 Å². The Morgan fingerprint density at radius 3 is 2.51 bits per heavy atom. The van der Waals surface area contributed by atoms with Gasteiger partial charge in [-0.15, -0.1) is 0 Å². The van der Waals surface area contributed by atoms with Crippen LogP contribution in [-0.2, 0) is 20.3 Å². The standard InChI is InChI=1S/C31H39O7P/c1-5-11-23-19-27(32)29(26-18-22(4)14-15-25(26)21(2)3)28(20-23)36-30(33)31(16-9-10-17-31)38-39(34,35)37-24-12-7-6-8-13-24/h6-8,12-13,18-20,25-26,32H,2,5,9-11,14-17H2,1,3-4H3,(H,34,35)/t25-,26+/m0/s1. The number of para-hydroxylation sites is 1. The summed E-state index contributed by atoms with van der Waals surface area (Å²) in [4.78, 5) is 24.4. The summed E-state index contributed by atoms with van der Waals surface area (Å²) in [6, 6.07) is 11.7. The number of carbonyl (C=O) groups excluding carboxylic acids is 1. The number of hydrogen-bond donors (Lipinski definition) is 2.